The second kappa shape index (κ2) is 7.84. The monoisotopic (exact) mass is 346 g/mol. The van der Waals surface area contributed by atoms with Gasteiger partial charge in [-0.15, -0.1) is 0 Å². The van der Waals surface area contributed by atoms with Gasteiger partial charge in [-0.2, -0.15) is 0 Å². The van der Waals surface area contributed by atoms with E-state index in [-0.39, 0.29) is 18.4 Å². The van der Waals surface area contributed by atoms with E-state index in [1.807, 2.05) is 6.92 Å². The Hall–Kier alpha value is -2.53. The first-order valence-corrected chi connectivity index (χ1v) is 7.75. The molecule has 2 aromatic carbocycles. The summed E-state index contributed by atoms with van der Waals surface area (Å²) in [5, 5.41) is 3.32. The SMILES string of the molecule is Cc1cc(Cl)ccc1OCC(=O)Nc1ccccc1C(=O)N(C)C. The Kier molecular flexibility index (Phi) is 5.82. The molecule has 126 valence electrons. The molecule has 2 aromatic rings. The smallest absolute Gasteiger partial charge is 0.262 e. The number of ether oxygens (including phenoxy) is 1. The van der Waals surface area contributed by atoms with E-state index in [9.17, 15) is 9.59 Å². The van der Waals surface area contributed by atoms with E-state index >= 15 is 0 Å². The highest BCUT2D eigenvalue weighted by Crippen LogP contribution is 2.22. The van der Waals surface area contributed by atoms with E-state index < -0.39 is 0 Å². The molecule has 0 aliphatic rings. The summed E-state index contributed by atoms with van der Waals surface area (Å²) in [5.74, 6) is 0.0657. The van der Waals surface area contributed by atoms with E-state index in [1.165, 1.54) is 4.90 Å². The van der Waals surface area contributed by atoms with Crippen molar-refractivity contribution < 1.29 is 14.3 Å². The van der Waals surface area contributed by atoms with Crippen molar-refractivity contribution in [1.82, 2.24) is 4.90 Å². The highest BCUT2D eigenvalue weighted by molar-refractivity contribution is 6.30. The van der Waals surface area contributed by atoms with Crippen molar-refractivity contribution in [3.05, 3.63) is 58.6 Å². The number of para-hydroxylation sites is 1. The summed E-state index contributed by atoms with van der Waals surface area (Å²) < 4.78 is 5.51. The average Bonchev–Trinajstić information content (AvgIpc) is 2.53. The summed E-state index contributed by atoms with van der Waals surface area (Å²) in [7, 11) is 3.32. The van der Waals surface area contributed by atoms with Gasteiger partial charge in [0, 0.05) is 19.1 Å². The lowest BCUT2D eigenvalue weighted by Crippen LogP contribution is -2.25. The largest absolute Gasteiger partial charge is 0.483 e. The normalized spacial score (nSPS) is 10.2. The van der Waals surface area contributed by atoms with Gasteiger partial charge in [-0.25, -0.2) is 0 Å². The summed E-state index contributed by atoms with van der Waals surface area (Å²) in [6.45, 7) is 1.69. The number of hydrogen-bond donors (Lipinski definition) is 1. The minimum absolute atomic E-state index is 0.160. The molecule has 0 saturated carbocycles. The van der Waals surface area contributed by atoms with Crippen molar-refractivity contribution in [2.24, 2.45) is 0 Å². The summed E-state index contributed by atoms with van der Waals surface area (Å²) in [4.78, 5) is 25.7. The van der Waals surface area contributed by atoms with E-state index in [0.29, 0.717) is 22.0 Å². The first-order chi connectivity index (χ1) is 11.4. The number of nitrogens with one attached hydrogen (secondary N) is 1. The van der Waals surface area contributed by atoms with E-state index in [1.54, 1.807) is 56.6 Å². The fourth-order valence-electron chi connectivity index (χ4n) is 2.12. The molecule has 0 saturated heterocycles. The molecular formula is C18H19ClN2O3. The predicted molar refractivity (Wildman–Crippen MR) is 94.8 cm³/mol. The second-order valence-corrected chi connectivity index (χ2v) is 5.93. The maximum absolute atomic E-state index is 12.1. The van der Waals surface area contributed by atoms with Crippen LogP contribution in [0.4, 0.5) is 5.69 Å². The standard InChI is InChI=1S/C18H19ClN2O3/c1-12-10-13(19)8-9-16(12)24-11-17(22)20-15-7-5-4-6-14(15)18(23)21(2)3/h4-10H,11H2,1-3H3,(H,20,22). The molecule has 0 atom stereocenters. The first-order valence-electron chi connectivity index (χ1n) is 7.38. The van der Waals surface area contributed by atoms with Crippen molar-refractivity contribution in [3.63, 3.8) is 0 Å². The summed E-state index contributed by atoms with van der Waals surface area (Å²) in [6, 6.07) is 12.0. The Labute approximate surface area is 146 Å². The summed E-state index contributed by atoms with van der Waals surface area (Å²) in [6.07, 6.45) is 0. The van der Waals surface area contributed by atoms with Gasteiger partial charge in [0.2, 0.25) is 0 Å². The van der Waals surface area contributed by atoms with E-state index in [0.717, 1.165) is 5.56 Å². The Morgan fingerprint density at radius 1 is 1.17 bits per heavy atom. The molecule has 0 radical (unpaired) electrons. The van der Waals surface area contributed by atoms with Crippen LogP contribution in [0.1, 0.15) is 15.9 Å². The number of rotatable bonds is 5. The Balaban J connectivity index is 2.04. The molecule has 0 spiro atoms. The number of carbonyl (C=O) groups excluding carboxylic acids is 2. The topological polar surface area (TPSA) is 58.6 Å². The molecule has 6 heteroatoms. The number of halogens is 1. The maximum Gasteiger partial charge on any atom is 0.262 e. The van der Waals surface area contributed by atoms with Gasteiger partial charge < -0.3 is 15.0 Å². The van der Waals surface area contributed by atoms with Crippen LogP contribution in [0.2, 0.25) is 5.02 Å². The zero-order valence-electron chi connectivity index (χ0n) is 13.8. The molecule has 5 nitrogen and oxygen atoms in total. The molecular weight excluding hydrogens is 328 g/mol. The molecule has 0 aliphatic heterocycles. The fraction of sp³-hybridized carbons (Fsp3) is 0.222. The number of aryl methyl sites for hydroxylation is 1. The van der Waals surface area contributed by atoms with E-state index in [2.05, 4.69) is 5.32 Å². The van der Waals surface area contributed by atoms with Crippen LogP contribution in [-0.4, -0.2) is 37.4 Å². The fourth-order valence-corrected chi connectivity index (χ4v) is 2.35. The molecule has 0 aromatic heterocycles. The number of hydrogen-bond acceptors (Lipinski definition) is 3. The zero-order chi connectivity index (χ0) is 17.7. The predicted octanol–water partition coefficient (Wildman–Crippen LogP) is 3.37. The molecule has 0 heterocycles. The van der Waals surface area contributed by atoms with Gasteiger partial charge in [-0.05, 0) is 42.8 Å². The molecule has 0 bridgehead atoms. The lowest BCUT2D eigenvalue weighted by molar-refractivity contribution is -0.118. The van der Waals surface area contributed by atoms with Gasteiger partial charge in [0.15, 0.2) is 6.61 Å². The number of benzene rings is 2. The lowest BCUT2D eigenvalue weighted by Gasteiger charge is -2.15. The minimum Gasteiger partial charge on any atom is -0.483 e. The van der Waals surface area contributed by atoms with Crippen molar-refractivity contribution in [2.45, 2.75) is 6.92 Å². The third-order valence-corrected chi connectivity index (χ3v) is 3.57. The van der Waals surface area contributed by atoms with Crippen LogP contribution >= 0.6 is 11.6 Å². The Bertz CT molecular complexity index is 760. The molecule has 0 unspecified atom stereocenters. The molecule has 1 N–H and O–H groups in total. The molecule has 2 rings (SSSR count). The lowest BCUT2D eigenvalue weighted by atomic mass is 10.1. The molecule has 24 heavy (non-hydrogen) atoms. The van der Waals surface area contributed by atoms with Gasteiger partial charge in [-0.1, -0.05) is 23.7 Å². The van der Waals surface area contributed by atoms with Crippen LogP contribution in [0.3, 0.4) is 0 Å². The number of anilines is 1. The summed E-state index contributed by atoms with van der Waals surface area (Å²) >= 11 is 5.89. The summed E-state index contributed by atoms with van der Waals surface area (Å²) in [5.41, 5.74) is 1.73. The second-order valence-electron chi connectivity index (χ2n) is 5.49. The Morgan fingerprint density at radius 3 is 2.54 bits per heavy atom. The molecule has 2 amide bonds. The van der Waals surface area contributed by atoms with Crippen molar-refractivity contribution >= 4 is 29.1 Å². The highest BCUT2D eigenvalue weighted by atomic mass is 35.5. The first kappa shape index (κ1) is 17.8. The highest BCUT2D eigenvalue weighted by Gasteiger charge is 2.15. The van der Waals surface area contributed by atoms with Crippen LogP contribution in [0, 0.1) is 6.92 Å². The number of nitrogens with zero attached hydrogens (tertiary/aromatic N) is 1. The van der Waals surface area contributed by atoms with Crippen LogP contribution in [0.5, 0.6) is 5.75 Å². The van der Waals surface area contributed by atoms with Gasteiger partial charge in [0.25, 0.3) is 11.8 Å². The number of carbonyl (C=O) groups is 2. The van der Waals surface area contributed by atoms with Gasteiger partial charge in [0.1, 0.15) is 5.75 Å². The maximum atomic E-state index is 12.1. The molecule has 0 aliphatic carbocycles. The van der Waals surface area contributed by atoms with Gasteiger partial charge >= 0.3 is 0 Å². The third-order valence-electron chi connectivity index (χ3n) is 3.33. The molecule has 0 fully saturated rings. The van der Waals surface area contributed by atoms with Crippen molar-refractivity contribution in [1.29, 1.82) is 0 Å². The van der Waals surface area contributed by atoms with Crippen LogP contribution in [0.15, 0.2) is 42.5 Å². The quantitative estimate of drug-likeness (QED) is 0.903. The average molecular weight is 347 g/mol. The Morgan fingerprint density at radius 2 is 1.88 bits per heavy atom. The zero-order valence-corrected chi connectivity index (χ0v) is 14.6. The minimum atomic E-state index is -0.344. The van der Waals surface area contributed by atoms with E-state index in [4.69, 9.17) is 16.3 Å². The van der Waals surface area contributed by atoms with Gasteiger partial charge in [0.05, 0.1) is 11.3 Å². The van der Waals surface area contributed by atoms with Crippen molar-refractivity contribution in [2.75, 3.05) is 26.0 Å². The number of amides is 2. The van der Waals surface area contributed by atoms with Crippen LogP contribution in [0.25, 0.3) is 0 Å². The third kappa shape index (κ3) is 4.49. The van der Waals surface area contributed by atoms with Crippen molar-refractivity contribution in [3.8, 4) is 5.75 Å². The van der Waals surface area contributed by atoms with Crippen LogP contribution < -0.4 is 10.1 Å². The van der Waals surface area contributed by atoms with Gasteiger partial charge in [-0.3, -0.25) is 9.59 Å². The van der Waals surface area contributed by atoms with Crippen LogP contribution in [-0.2, 0) is 4.79 Å².